The SMILES string of the molecule is Brc1cnn(-c2ccc(CCN3CCNCC3)cc2)c1C1CC1. The monoisotopic (exact) mass is 374 g/mol. The molecule has 122 valence electrons. The van der Waals surface area contributed by atoms with Gasteiger partial charge in [-0.1, -0.05) is 12.1 Å². The number of hydrogen-bond acceptors (Lipinski definition) is 3. The van der Waals surface area contributed by atoms with Crippen LogP contribution in [0.5, 0.6) is 0 Å². The maximum atomic E-state index is 4.55. The molecule has 0 unspecified atom stereocenters. The first kappa shape index (κ1) is 15.4. The van der Waals surface area contributed by atoms with E-state index in [9.17, 15) is 0 Å². The van der Waals surface area contributed by atoms with E-state index in [-0.39, 0.29) is 0 Å². The summed E-state index contributed by atoms with van der Waals surface area (Å²) in [6.07, 6.45) is 5.62. The highest BCUT2D eigenvalue weighted by Crippen LogP contribution is 2.43. The van der Waals surface area contributed by atoms with Crippen molar-refractivity contribution in [2.24, 2.45) is 0 Å². The van der Waals surface area contributed by atoms with E-state index in [4.69, 9.17) is 0 Å². The molecule has 0 amide bonds. The second-order valence-corrected chi connectivity index (χ2v) is 7.43. The highest BCUT2D eigenvalue weighted by Gasteiger charge is 2.30. The van der Waals surface area contributed by atoms with Gasteiger partial charge in [-0.05, 0) is 52.9 Å². The molecule has 2 fully saturated rings. The van der Waals surface area contributed by atoms with Crippen LogP contribution in [0.3, 0.4) is 0 Å². The predicted molar refractivity (Wildman–Crippen MR) is 96.3 cm³/mol. The molecule has 0 spiro atoms. The van der Waals surface area contributed by atoms with E-state index < -0.39 is 0 Å². The minimum absolute atomic E-state index is 0.680. The first-order valence-corrected chi connectivity index (χ1v) is 9.36. The third-order valence-corrected chi connectivity index (χ3v) is 5.44. The molecular formula is C18H23BrN4. The third-order valence-electron chi connectivity index (χ3n) is 4.83. The predicted octanol–water partition coefficient (Wildman–Crippen LogP) is 2.96. The Morgan fingerprint density at radius 2 is 1.87 bits per heavy atom. The molecule has 2 aromatic rings. The van der Waals surface area contributed by atoms with Crippen LogP contribution in [-0.2, 0) is 6.42 Å². The van der Waals surface area contributed by atoms with E-state index >= 15 is 0 Å². The lowest BCUT2D eigenvalue weighted by Crippen LogP contribution is -2.44. The van der Waals surface area contributed by atoms with Crippen LogP contribution in [0.15, 0.2) is 34.9 Å². The molecule has 0 bridgehead atoms. The Kier molecular flexibility index (Phi) is 4.51. The van der Waals surface area contributed by atoms with E-state index in [2.05, 4.69) is 60.2 Å². The Hall–Kier alpha value is -1.17. The fourth-order valence-electron chi connectivity index (χ4n) is 3.29. The number of halogens is 1. The van der Waals surface area contributed by atoms with Crippen molar-refractivity contribution < 1.29 is 0 Å². The van der Waals surface area contributed by atoms with Crippen molar-refractivity contribution in [1.29, 1.82) is 0 Å². The fraction of sp³-hybridized carbons (Fsp3) is 0.500. The zero-order chi connectivity index (χ0) is 15.6. The van der Waals surface area contributed by atoms with Crippen LogP contribution in [0.25, 0.3) is 5.69 Å². The van der Waals surface area contributed by atoms with Crippen molar-refractivity contribution in [3.8, 4) is 5.69 Å². The van der Waals surface area contributed by atoms with Gasteiger partial charge in [0.2, 0.25) is 0 Å². The third kappa shape index (κ3) is 3.52. The summed E-state index contributed by atoms with van der Waals surface area (Å²) >= 11 is 3.64. The van der Waals surface area contributed by atoms with Crippen molar-refractivity contribution in [3.05, 3.63) is 46.2 Å². The summed E-state index contributed by atoms with van der Waals surface area (Å²) in [6.45, 7) is 5.74. The smallest absolute Gasteiger partial charge is 0.0649 e. The van der Waals surface area contributed by atoms with Crippen molar-refractivity contribution in [1.82, 2.24) is 20.0 Å². The van der Waals surface area contributed by atoms with Gasteiger partial charge in [0.25, 0.3) is 0 Å². The number of nitrogens with one attached hydrogen (secondary N) is 1. The molecule has 0 atom stereocenters. The van der Waals surface area contributed by atoms with Gasteiger partial charge in [0.15, 0.2) is 0 Å². The molecule has 1 N–H and O–H groups in total. The van der Waals surface area contributed by atoms with Gasteiger partial charge >= 0.3 is 0 Å². The topological polar surface area (TPSA) is 33.1 Å². The van der Waals surface area contributed by atoms with Crippen LogP contribution >= 0.6 is 15.9 Å². The van der Waals surface area contributed by atoms with E-state index in [1.807, 2.05) is 6.20 Å². The average Bonchev–Trinajstić information content (AvgIpc) is 3.36. The number of benzene rings is 1. The summed E-state index contributed by atoms with van der Waals surface area (Å²) in [5.41, 5.74) is 3.91. The number of hydrogen-bond donors (Lipinski definition) is 1. The molecule has 4 rings (SSSR count). The Morgan fingerprint density at radius 3 is 2.57 bits per heavy atom. The maximum Gasteiger partial charge on any atom is 0.0649 e. The highest BCUT2D eigenvalue weighted by atomic mass is 79.9. The zero-order valence-corrected chi connectivity index (χ0v) is 14.9. The van der Waals surface area contributed by atoms with E-state index in [0.29, 0.717) is 5.92 Å². The summed E-state index contributed by atoms with van der Waals surface area (Å²) < 4.78 is 3.24. The largest absolute Gasteiger partial charge is 0.314 e. The Morgan fingerprint density at radius 1 is 1.13 bits per heavy atom. The molecule has 5 heteroatoms. The number of nitrogens with zero attached hydrogens (tertiary/aromatic N) is 3. The molecule has 1 saturated heterocycles. The van der Waals surface area contributed by atoms with E-state index in [1.54, 1.807) is 0 Å². The lowest BCUT2D eigenvalue weighted by Gasteiger charge is -2.27. The van der Waals surface area contributed by atoms with Crippen molar-refractivity contribution in [2.45, 2.75) is 25.2 Å². The van der Waals surface area contributed by atoms with Crippen LogP contribution in [0.4, 0.5) is 0 Å². The summed E-state index contributed by atoms with van der Waals surface area (Å²) in [5, 5.41) is 7.96. The fourth-order valence-corrected chi connectivity index (χ4v) is 3.88. The summed E-state index contributed by atoms with van der Waals surface area (Å²) in [6, 6.07) is 8.92. The second-order valence-electron chi connectivity index (χ2n) is 6.57. The van der Waals surface area contributed by atoms with Gasteiger partial charge in [-0.2, -0.15) is 5.10 Å². The van der Waals surface area contributed by atoms with Gasteiger partial charge in [0.1, 0.15) is 0 Å². The lowest BCUT2D eigenvalue weighted by atomic mass is 10.1. The van der Waals surface area contributed by atoms with Gasteiger partial charge in [-0.25, -0.2) is 4.68 Å². The normalized spacial score (nSPS) is 19.2. The molecule has 1 aliphatic heterocycles. The first-order chi connectivity index (χ1) is 11.3. The van der Waals surface area contributed by atoms with Gasteiger partial charge < -0.3 is 10.2 Å². The number of aromatic nitrogens is 2. The molecule has 0 radical (unpaired) electrons. The van der Waals surface area contributed by atoms with Crippen LogP contribution < -0.4 is 5.32 Å². The van der Waals surface area contributed by atoms with Crippen molar-refractivity contribution >= 4 is 15.9 Å². The summed E-state index contributed by atoms with van der Waals surface area (Å²) in [7, 11) is 0. The molecule has 1 aliphatic carbocycles. The average molecular weight is 375 g/mol. The number of rotatable bonds is 5. The molecule has 1 saturated carbocycles. The van der Waals surface area contributed by atoms with Crippen LogP contribution in [-0.4, -0.2) is 47.4 Å². The first-order valence-electron chi connectivity index (χ1n) is 8.57. The molecule has 2 aliphatic rings. The summed E-state index contributed by atoms with van der Waals surface area (Å²) in [5.74, 6) is 0.680. The minimum Gasteiger partial charge on any atom is -0.314 e. The Balaban J connectivity index is 1.43. The molecule has 1 aromatic carbocycles. The van der Waals surface area contributed by atoms with Crippen LogP contribution in [0.1, 0.15) is 30.0 Å². The molecule has 23 heavy (non-hydrogen) atoms. The molecule has 4 nitrogen and oxygen atoms in total. The summed E-state index contributed by atoms with van der Waals surface area (Å²) in [4.78, 5) is 2.54. The zero-order valence-electron chi connectivity index (χ0n) is 13.3. The molecule has 2 heterocycles. The highest BCUT2D eigenvalue weighted by molar-refractivity contribution is 9.10. The molecular weight excluding hydrogens is 352 g/mol. The van der Waals surface area contributed by atoms with E-state index in [1.165, 1.54) is 42.9 Å². The van der Waals surface area contributed by atoms with Gasteiger partial charge in [0.05, 0.1) is 22.1 Å². The second kappa shape index (κ2) is 6.75. The number of piperazine rings is 1. The van der Waals surface area contributed by atoms with Crippen molar-refractivity contribution in [2.75, 3.05) is 32.7 Å². The maximum absolute atomic E-state index is 4.55. The standard InChI is InChI=1S/C18H23BrN4/c19-17-13-21-23(18(17)15-3-4-15)16-5-1-14(2-6-16)7-10-22-11-8-20-9-12-22/h1-2,5-6,13,15,20H,3-4,7-12H2. The Bertz CT molecular complexity index is 654. The lowest BCUT2D eigenvalue weighted by molar-refractivity contribution is 0.244. The van der Waals surface area contributed by atoms with Crippen LogP contribution in [0.2, 0.25) is 0 Å². The quantitative estimate of drug-likeness (QED) is 0.873. The van der Waals surface area contributed by atoms with Gasteiger partial charge in [0, 0.05) is 38.6 Å². The van der Waals surface area contributed by atoms with Gasteiger partial charge in [-0.15, -0.1) is 0 Å². The van der Waals surface area contributed by atoms with Gasteiger partial charge in [-0.3, -0.25) is 0 Å². The van der Waals surface area contributed by atoms with Crippen LogP contribution in [0, 0.1) is 0 Å². The van der Waals surface area contributed by atoms with E-state index in [0.717, 1.165) is 30.5 Å². The molecule has 1 aromatic heterocycles. The minimum atomic E-state index is 0.680. The van der Waals surface area contributed by atoms with Crippen molar-refractivity contribution in [3.63, 3.8) is 0 Å². The Labute approximate surface area is 146 Å².